The molecule has 0 aliphatic carbocycles. The molecule has 0 aliphatic rings. The first kappa shape index (κ1) is 41.7. The molecule has 0 saturated carbocycles. The summed E-state index contributed by atoms with van der Waals surface area (Å²) < 4.78 is 0. The van der Waals surface area contributed by atoms with E-state index >= 15 is 0 Å². The van der Waals surface area contributed by atoms with Crippen LogP contribution in [0, 0.1) is 0 Å². The van der Waals surface area contributed by atoms with E-state index in [9.17, 15) is 0 Å². The lowest BCUT2D eigenvalue weighted by molar-refractivity contribution is 1.28. The van der Waals surface area contributed by atoms with Crippen molar-refractivity contribution in [3.8, 4) is 66.8 Å². The second-order valence-electron chi connectivity index (χ2n) is 17.0. The molecule has 0 fully saturated rings. The van der Waals surface area contributed by atoms with Gasteiger partial charge in [-0.05, 0) is 140 Å². The molecule has 0 bridgehead atoms. The zero-order chi connectivity index (χ0) is 45.5. The van der Waals surface area contributed by atoms with Crippen molar-refractivity contribution in [2.75, 3.05) is 9.80 Å². The fraction of sp³-hybridized carbons (Fsp3) is 0. The van der Waals surface area contributed by atoms with Crippen molar-refractivity contribution in [3.05, 3.63) is 291 Å². The topological polar surface area (TPSA) is 6.48 Å². The van der Waals surface area contributed by atoms with Gasteiger partial charge in [-0.15, -0.1) is 0 Å². The molecule has 322 valence electrons. The van der Waals surface area contributed by atoms with Crippen molar-refractivity contribution in [2.24, 2.45) is 0 Å². The van der Waals surface area contributed by atoms with Gasteiger partial charge in [-0.25, -0.2) is 0 Å². The van der Waals surface area contributed by atoms with Crippen molar-refractivity contribution in [1.82, 2.24) is 0 Å². The highest BCUT2D eigenvalue weighted by molar-refractivity contribution is 5.90. The molecule has 0 spiro atoms. The minimum atomic E-state index is 1.08. The Labute approximate surface area is 400 Å². The summed E-state index contributed by atoms with van der Waals surface area (Å²) in [6, 6.07) is 105. The van der Waals surface area contributed by atoms with E-state index in [1.54, 1.807) is 0 Å². The van der Waals surface area contributed by atoms with Gasteiger partial charge in [-0.1, -0.05) is 218 Å². The third kappa shape index (κ3) is 8.87. The quantitative estimate of drug-likeness (QED) is 0.121. The highest BCUT2D eigenvalue weighted by Crippen LogP contribution is 2.43. The van der Waals surface area contributed by atoms with E-state index in [1.807, 2.05) is 0 Å². The standard InChI is InChI=1S/C66H48N2/c1-5-17-49(18-6-1)53-31-39-59(40-32-53)67(60-41-33-54(34-42-60)50-19-7-2-8-20-50)63-27-15-25-57(47-63)65-29-13-14-30-66(65)58-26-16-28-64(48-58)68(61-43-35-55(36-44-61)51-21-9-3-10-22-51)62-45-37-56(38-46-62)52-23-11-4-12-24-52/h1-48H. The van der Waals surface area contributed by atoms with Gasteiger partial charge in [-0.3, -0.25) is 0 Å². The van der Waals surface area contributed by atoms with Crippen LogP contribution < -0.4 is 9.80 Å². The molecular formula is C66H48N2. The third-order valence-electron chi connectivity index (χ3n) is 12.7. The first-order valence-electron chi connectivity index (χ1n) is 23.2. The van der Waals surface area contributed by atoms with Gasteiger partial charge in [0.2, 0.25) is 0 Å². The van der Waals surface area contributed by atoms with Crippen LogP contribution in [0.15, 0.2) is 291 Å². The van der Waals surface area contributed by atoms with E-state index in [4.69, 9.17) is 0 Å². The van der Waals surface area contributed by atoms with E-state index in [0.717, 1.165) is 56.4 Å². The van der Waals surface area contributed by atoms with Crippen LogP contribution in [0.25, 0.3) is 66.8 Å². The minimum absolute atomic E-state index is 1.08. The summed E-state index contributed by atoms with van der Waals surface area (Å²) >= 11 is 0. The molecule has 11 aromatic carbocycles. The molecule has 0 radical (unpaired) electrons. The van der Waals surface area contributed by atoms with Crippen LogP contribution in [0.5, 0.6) is 0 Å². The Hall–Kier alpha value is -8.98. The Kier molecular flexibility index (Phi) is 11.8. The van der Waals surface area contributed by atoms with Crippen LogP contribution in [-0.4, -0.2) is 0 Å². The summed E-state index contributed by atoms with van der Waals surface area (Å²) in [5.41, 5.74) is 20.7. The van der Waals surface area contributed by atoms with E-state index in [2.05, 4.69) is 301 Å². The Morgan fingerprint density at radius 3 is 0.632 bits per heavy atom. The van der Waals surface area contributed by atoms with Crippen LogP contribution >= 0.6 is 0 Å². The van der Waals surface area contributed by atoms with Crippen molar-refractivity contribution >= 4 is 34.1 Å². The molecule has 2 heteroatoms. The molecule has 0 aliphatic heterocycles. The summed E-state index contributed by atoms with van der Waals surface area (Å²) in [6.07, 6.45) is 0. The van der Waals surface area contributed by atoms with Gasteiger partial charge in [0.1, 0.15) is 0 Å². The van der Waals surface area contributed by atoms with Crippen LogP contribution in [0.3, 0.4) is 0 Å². The molecule has 11 aromatic rings. The maximum atomic E-state index is 2.36. The predicted octanol–water partition coefficient (Wildman–Crippen LogP) is 18.6. The van der Waals surface area contributed by atoms with Gasteiger partial charge >= 0.3 is 0 Å². The lowest BCUT2D eigenvalue weighted by atomic mass is 9.93. The molecule has 0 amide bonds. The first-order chi connectivity index (χ1) is 33.7. The number of nitrogens with zero attached hydrogens (tertiary/aromatic N) is 2. The number of benzene rings is 11. The number of rotatable bonds is 12. The zero-order valence-electron chi connectivity index (χ0n) is 37.6. The highest BCUT2D eigenvalue weighted by Gasteiger charge is 2.18. The third-order valence-corrected chi connectivity index (χ3v) is 12.7. The van der Waals surface area contributed by atoms with Gasteiger partial charge in [0, 0.05) is 34.1 Å². The number of hydrogen-bond acceptors (Lipinski definition) is 2. The van der Waals surface area contributed by atoms with Crippen LogP contribution in [0.1, 0.15) is 0 Å². The SMILES string of the molecule is c1ccc(-c2ccc(N(c3ccc(-c4ccccc4)cc3)c3cccc(-c4ccccc4-c4cccc(N(c5ccc(-c6ccccc6)cc5)c5ccc(-c6ccccc6)cc5)c4)c3)cc2)cc1. The molecule has 0 unspecified atom stereocenters. The maximum Gasteiger partial charge on any atom is 0.0467 e. The average molecular weight is 869 g/mol. The van der Waals surface area contributed by atoms with Crippen LogP contribution in [0.2, 0.25) is 0 Å². The van der Waals surface area contributed by atoms with Gasteiger partial charge in [-0.2, -0.15) is 0 Å². The highest BCUT2D eigenvalue weighted by atomic mass is 15.1. The molecule has 0 aromatic heterocycles. The van der Waals surface area contributed by atoms with Crippen LogP contribution in [-0.2, 0) is 0 Å². The summed E-state index contributed by atoms with van der Waals surface area (Å²) in [5.74, 6) is 0. The van der Waals surface area contributed by atoms with Crippen LogP contribution in [0.4, 0.5) is 34.1 Å². The molecule has 0 heterocycles. The second kappa shape index (κ2) is 19.2. The fourth-order valence-corrected chi connectivity index (χ4v) is 9.24. The lowest BCUT2D eigenvalue weighted by Gasteiger charge is -2.27. The number of hydrogen-bond donors (Lipinski definition) is 0. The summed E-state index contributed by atoms with van der Waals surface area (Å²) in [7, 11) is 0. The molecule has 11 rings (SSSR count). The minimum Gasteiger partial charge on any atom is -0.310 e. The monoisotopic (exact) mass is 868 g/mol. The molecule has 0 saturated heterocycles. The van der Waals surface area contributed by atoms with E-state index < -0.39 is 0 Å². The Balaban J connectivity index is 0.974. The number of anilines is 6. The summed E-state index contributed by atoms with van der Waals surface area (Å²) in [6.45, 7) is 0. The fourth-order valence-electron chi connectivity index (χ4n) is 9.24. The normalized spacial score (nSPS) is 10.9. The van der Waals surface area contributed by atoms with E-state index in [-0.39, 0.29) is 0 Å². The average Bonchev–Trinajstić information content (AvgIpc) is 3.43. The Morgan fingerprint density at radius 2 is 0.368 bits per heavy atom. The van der Waals surface area contributed by atoms with Gasteiger partial charge in [0.25, 0.3) is 0 Å². The van der Waals surface area contributed by atoms with Crippen molar-refractivity contribution in [1.29, 1.82) is 0 Å². The molecule has 0 N–H and O–H groups in total. The van der Waals surface area contributed by atoms with Gasteiger partial charge in [0.05, 0.1) is 0 Å². The first-order valence-corrected chi connectivity index (χ1v) is 23.2. The Morgan fingerprint density at radius 1 is 0.147 bits per heavy atom. The van der Waals surface area contributed by atoms with Crippen molar-refractivity contribution < 1.29 is 0 Å². The second-order valence-corrected chi connectivity index (χ2v) is 17.0. The van der Waals surface area contributed by atoms with E-state index in [0.29, 0.717) is 0 Å². The zero-order valence-corrected chi connectivity index (χ0v) is 37.6. The maximum absolute atomic E-state index is 2.36. The molecule has 2 nitrogen and oxygen atoms in total. The van der Waals surface area contributed by atoms with Crippen molar-refractivity contribution in [2.45, 2.75) is 0 Å². The summed E-state index contributed by atoms with van der Waals surface area (Å²) in [4.78, 5) is 4.72. The molecule has 0 atom stereocenters. The smallest absolute Gasteiger partial charge is 0.0467 e. The summed E-state index contributed by atoms with van der Waals surface area (Å²) in [5, 5.41) is 0. The van der Waals surface area contributed by atoms with Gasteiger partial charge in [0.15, 0.2) is 0 Å². The van der Waals surface area contributed by atoms with Gasteiger partial charge < -0.3 is 9.80 Å². The lowest BCUT2D eigenvalue weighted by Crippen LogP contribution is -2.10. The predicted molar refractivity (Wildman–Crippen MR) is 288 cm³/mol. The molecular weight excluding hydrogens is 821 g/mol. The van der Waals surface area contributed by atoms with E-state index in [1.165, 1.54) is 44.5 Å². The Bertz CT molecular complexity index is 2990. The van der Waals surface area contributed by atoms with Crippen molar-refractivity contribution in [3.63, 3.8) is 0 Å². The largest absolute Gasteiger partial charge is 0.310 e. The molecule has 68 heavy (non-hydrogen) atoms.